The summed E-state index contributed by atoms with van der Waals surface area (Å²) in [5.41, 5.74) is 0. The molecule has 0 amide bonds. The molecular weight excluding hydrogens is 1210 g/mol. The van der Waals surface area contributed by atoms with Gasteiger partial charge in [0.25, 0.3) is 0 Å². The van der Waals surface area contributed by atoms with Gasteiger partial charge in [0.05, 0.1) is 26.4 Å². The number of hydrogen-bond donors (Lipinski definition) is 3. The number of carbonyl (C=O) groups excluding carboxylic acids is 4. The fourth-order valence-corrected chi connectivity index (χ4v) is 12.6. The maximum Gasteiger partial charge on any atom is 0.472 e. The highest BCUT2D eigenvalue weighted by molar-refractivity contribution is 7.47. The highest BCUT2D eigenvalue weighted by atomic mass is 31.2. The van der Waals surface area contributed by atoms with Crippen LogP contribution < -0.4 is 0 Å². The van der Waals surface area contributed by atoms with Gasteiger partial charge in [-0.2, -0.15) is 0 Å². The highest BCUT2D eigenvalue weighted by Gasteiger charge is 2.30. The number of phosphoric acid groups is 2. The fraction of sp³-hybridized carbons (Fsp3) is 0.945. The number of hydrogen-bond acceptors (Lipinski definition) is 15. The predicted octanol–water partition coefficient (Wildman–Crippen LogP) is 20.9. The van der Waals surface area contributed by atoms with Crippen LogP contribution in [0.2, 0.25) is 0 Å². The SMILES string of the molecule is CC(C)CCCCCCCCCCCCCCCCCC(=O)OC[C@H](COP(=O)(O)OC[C@@H](O)COP(=O)(O)OC[C@@H](COC(=O)CCCCCCCCC(C)C)OC(=O)CCCCCCCCCCCCC(C)C)OC(=O)CCCCCCCCCCCC(C)C. The molecule has 0 aliphatic rings. The van der Waals surface area contributed by atoms with Crippen molar-refractivity contribution in [3.05, 3.63) is 0 Å². The molecule has 0 fully saturated rings. The van der Waals surface area contributed by atoms with E-state index in [0.717, 1.165) is 114 Å². The molecule has 0 aliphatic carbocycles. The van der Waals surface area contributed by atoms with Crippen molar-refractivity contribution >= 4 is 39.5 Å². The van der Waals surface area contributed by atoms with Crippen LogP contribution in [0, 0.1) is 23.7 Å². The monoisotopic (exact) mass is 1350 g/mol. The zero-order valence-corrected chi connectivity index (χ0v) is 62.0. The molecule has 0 aromatic carbocycles. The van der Waals surface area contributed by atoms with Crippen molar-refractivity contribution in [2.24, 2.45) is 23.7 Å². The topological polar surface area (TPSA) is 237 Å². The van der Waals surface area contributed by atoms with Crippen LogP contribution in [0.1, 0.15) is 364 Å². The van der Waals surface area contributed by atoms with Crippen molar-refractivity contribution in [2.75, 3.05) is 39.6 Å². The van der Waals surface area contributed by atoms with E-state index >= 15 is 0 Å². The van der Waals surface area contributed by atoms with E-state index in [-0.39, 0.29) is 25.7 Å². The molecule has 0 aromatic heterocycles. The molecule has 0 spiro atoms. The summed E-state index contributed by atoms with van der Waals surface area (Å²) in [6, 6.07) is 0. The molecule has 17 nitrogen and oxygen atoms in total. The number of ether oxygens (including phenoxy) is 4. The fourth-order valence-electron chi connectivity index (χ4n) is 11.0. The zero-order chi connectivity index (χ0) is 68.2. The first kappa shape index (κ1) is 90.1. The smallest absolute Gasteiger partial charge is 0.462 e. The molecule has 0 heterocycles. The molecule has 3 N–H and O–H groups in total. The molecule has 0 aliphatic heterocycles. The minimum absolute atomic E-state index is 0.104. The summed E-state index contributed by atoms with van der Waals surface area (Å²) in [5, 5.41) is 10.6. The molecular formula is C73H142O17P2. The van der Waals surface area contributed by atoms with Crippen LogP contribution in [-0.4, -0.2) is 96.7 Å². The second-order valence-corrected chi connectivity index (χ2v) is 31.1. The van der Waals surface area contributed by atoms with E-state index in [2.05, 4.69) is 55.4 Å². The van der Waals surface area contributed by atoms with Gasteiger partial charge in [0.1, 0.15) is 19.3 Å². The van der Waals surface area contributed by atoms with E-state index in [1.54, 1.807) is 0 Å². The average Bonchev–Trinajstić information content (AvgIpc) is 2.21. The van der Waals surface area contributed by atoms with Crippen LogP contribution >= 0.6 is 15.6 Å². The Balaban J connectivity index is 5.21. The Labute approximate surface area is 562 Å². The lowest BCUT2D eigenvalue weighted by Gasteiger charge is -2.21. The summed E-state index contributed by atoms with van der Waals surface area (Å²) in [4.78, 5) is 72.6. The van der Waals surface area contributed by atoms with Gasteiger partial charge < -0.3 is 33.8 Å². The number of phosphoric ester groups is 2. The number of aliphatic hydroxyl groups is 1. The molecule has 19 heteroatoms. The van der Waals surface area contributed by atoms with Crippen LogP contribution in [-0.2, 0) is 65.4 Å². The van der Waals surface area contributed by atoms with Gasteiger partial charge in [0.15, 0.2) is 12.2 Å². The van der Waals surface area contributed by atoms with Gasteiger partial charge >= 0.3 is 39.5 Å². The Morgan fingerprint density at radius 1 is 0.272 bits per heavy atom. The van der Waals surface area contributed by atoms with E-state index in [4.69, 9.17) is 37.0 Å². The Kier molecular flexibility index (Phi) is 61.3. The van der Waals surface area contributed by atoms with Crippen LogP contribution in [0.15, 0.2) is 0 Å². The summed E-state index contributed by atoms with van der Waals surface area (Å²) in [7, 11) is -9.91. The molecule has 0 aromatic rings. The lowest BCUT2D eigenvalue weighted by atomic mass is 10.0. The van der Waals surface area contributed by atoms with Gasteiger partial charge in [-0.15, -0.1) is 0 Å². The molecule has 0 saturated heterocycles. The molecule has 546 valence electrons. The lowest BCUT2D eigenvalue weighted by molar-refractivity contribution is -0.161. The van der Waals surface area contributed by atoms with Gasteiger partial charge in [-0.3, -0.25) is 37.3 Å². The first-order valence-corrected chi connectivity index (χ1v) is 40.7. The van der Waals surface area contributed by atoms with Crippen molar-refractivity contribution in [2.45, 2.75) is 382 Å². The Hall–Kier alpha value is -1.94. The number of unbranched alkanes of at least 4 members (excludes halogenated alkanes) is 36. The summed E-state index contributed by atoms with van der Waals surface area (Å²) in [6.45, 7) is 14.1. The average molecular weight is 1350 g/mol. The van der Waals surface area contributed by atoms with E-state index in [0.29, 0.717) is 31.6 Å². The molecule has 92 heavy (non-hydrogen) atoms. The summed E-state index contributed by atoms with van der Waals surface area (Å²) in [6.07, 6.45) is 46.0. The number of aliphatic hydroxyl groups excluding tert-OH is 1. The number of carbonyl (C=O) groups is 4. The third kappa shape index (κ3) is 66.7. The Morgan fingerprint density at radius 2 is 0.457 bits per heavy atom. The zero-order valence-electron chi connectivity index (χ0n) is 60.2. The summed E-state index contributed by atoms with van der Waals surface area (Å²) < 4.78 is 68.4. The van der Waals surface area contributed by atoms with E-state index in [1.807, 2.05) is 0 Å². The van der Waals surface area contributed by atoms with Crippen molar-refractivity contribution in [3.8, 4) is 0 Å². The highest BCUT2D eigenvalue weighted by Crippen LogP contribution is 2.45. The standard InChI is InChI=1S/C73H142O17P2/c1-63(2)49-41-33-25-19-14-12-10-9-11-13-15-22-28-37-45-53-70(75)83-59-68(89-73(78)56-48-40-30-24-18-21-27-35-43-51-65(5)6)61-87-91(79,80)85-57-67(74)58-86-92(81,82)88-62-69(60-84-71(76)54-46-38-32-31-36-44-52-66(7)8)90-72(77)55-47-39-29-23-17-16-20-26-34-42-50-64(3)4/h63-69,74H,9-62H2,1-8H3,(H,79,80)(H,81,82)/t67-,68-,69-/m1/s1. The van der Waals surface area contributed by atoms with Gasteiger partial charge in [-0.25, -0.2) is 9.13 Å². The Morgan fingerprint density at radius 3 is 0.674 bits per heavy atom. The first-order valence-electron chi connectivity index (χ1n) is 37.7. The minimum atomic E-state index is -4.95. The molecule has 5 atom stereocenters. The van der Waals surface area contributed by atoms with Gasteiger partial charge in [0.2, 0.25) is 0 Å². The second kappa shape index (κ2) is 62.6. The largest absolute Gasteiger partial charge is 0.472 e. The minimum Gasteiger partial charge on any atom is -0.462 e. The molecule has 0 saturated carbocycles. The second-order valence-electron chi connectivity index (χ2n) is 28.2. The number of rotatable bonds is 70. The normalized spacial score (nSPS) is 14.2. The quantitative estimate of drug-likeness (QED) is 0.0222. The van der Waals surface area contributed by atoms with E-state index in [9.17, 15) is 43.2 Å². The van der Waals surface area contributed by atoms with Crippen LogP contribution in [0.25, 0.3) is 0 Å². The van der Waals surface area contributed by atoms with Crippen molar-refractivity contribution in [1.29, 1.82) is 0 Å². The van der Waals surface area contributed by atoms with Crippen molar-refractivity contribution in [3.63, 3.8) is 0 Å². The van der Waals surface area contributed by atoms with Crippen LogP contribution in [0.4, 0.5) is 0 Å². The third-order valence-corrected chi connectivity index (χ3v) is 18.7. The number of esters is 4. The Bertz CT molecular complexity index is 1820. The lowest BCUT2D eigenvalue weighted by Crippen LogP contribution is -2.30. The molecule has 0 radical (unpaired) electrons. The van der Waals surface area contributed by atoms with E-state index in [1.165, 1.54) is 161 Å². The van der Waals surface area contributed by atoms with Crippen molar-refractivity contribution in [1.82, 2.24) is 0 Å². The maximum absolute atomic E-state index is 13.0. The molecule has 2 unspecified atom stereocenters. The first-order chi connectivity index (χ1) is 44.1. The predicted molar refractivity (Wildman–Crippen MR) is 372 cm³/mol. The summed E-state index contributed by atoms with van der Waals surface area (Å²) >= 11 is 0. The molecule has 0 bridgehead atoms. The maximum atomic E-state index is 13.0. The van der Waals surface area contributed by atoms with Gasteiger partial charge in [-0.1, -0.05) is 312 Å². The van der Waals surface area contributed by atoms with Crippen LogP contribution in [0.5, 0.6) is 0 Å². The van der Waals surface area contributed by atoms with Crippen LogP contribution in [0.3, 0.4) is 0 Å². The van der Waals surface area contributed by atoms with E-state index < -0.39 is 97.5 Å². The van der Waals surface area contributed by atoms with Gasteiger partial charge in [0, 0.05) is 25.7 Å². The third-order valence-electron chi connectivity index (χ3n) is 16.8. The summed E-state index contributed by atoms with van der Waals surface area (Å²) in [5.74, 6) is 0.847. The van der Waals surface area contributed by atoms with Gasteiger partial charge in [-0.05, 0) is 49.4 Å². The molecule has 0 rings (SSSR count). The van der Waals surface area contributed by atoms with Crippen molar-refractivity contribution < 1.29 is 80.2 Å².